The predicted molar refractivity (Wildman–Crippen MR) is 113 cm³/mol. The molecule has 30 heavy (non-hydrogen) atoms. The summed E-state index contributed by atoms with van der Waals surface area (Å²) in [6.07, 6.45) is 0. The highest BCUT2D eigenvalue weighted by molar-refractivity contribution is 6.46. The number of ether oxygens (including phenoxy) is 1. The molecule has 0 saturated carbocycles. The van der Waals surface area contributed by atoms with Crippen molar-refractivity contribution in [3.05, 3.63) is 76.9 Å². The molecule has 2 aromatic carbocycles. The summed E-state index contributed by atoms with van der Waals surface area (Å²) in [4.78, 5) is 28.9. The van der Waals surface area contributed by atoms with E-state index in [4.69, 9.17) is 4.74 Å². The lowest BCUT2D eigenvalue weighted by Crippen LogP contribution is -3.14. The molecule has 2 N–H and O–H groups in total. The van der Waals surface area contributed by atoms with E-state index in [1.807, 2.05) is 37.3 Å². The van der Waals surface area contributed by atoms with Crippen molar-refractivity contribution in [2.45, 2.75) is 13.0 Å². The Morgan fingerprint density at radius 2 is 1.73 bits per heavy atom. The van der Waals surface area contributed by atoms with E-state index in [1.165, 1.54) is 4.90 Å². The van der Waals surface area contributed by atoms with Gasteiger partial charge in [0.15, 0.2) is 0 Å². The quantitative estimate of drug-likeness (QED) is 0.446. The number of aliphatic hydroxyl groups is 1. The summed E-state index contributed by atoms with van der Waals surface area (Å²) < 4.78 is 5.41. The number of amides is 1. The van der Waals surface area contributed by atoms with E-state index in [0.717, 1.165) is 30.8 Å². The summed E-state index contributed by atoms with van der Waals surface area (Å²) in [7, 11) is 0. The SMILES string of the molecule is Cc1ccc([C@H]2C(=C(O)c3ccccc3)C(=O)C(=O)N2CC[NH+]2CCOCC2)cc1. The van der Waals surface area contributed by atoms with Gasteiger partial charge in [-0.15, -0.1) is 0 Å². The molecule has 2 aliphatic rings. The van der Waals surface area contributed by atoms with Crippen molar-refractivity contribution in [3.63, 3.8) is 0 Å². The van der Waals surface area contributed by atoms with E-state index in [2.05, 4.69) is 0 Å². The monoisotopic (exact) mass is 407 g/mol. The van der Waals surface area contributed by atoms with Crippen LogP contribution in [-0.4, -0.2) is 61.1 Å². The van der Waals surface area contributed by atoms with E-state index >= 15 is 0 Å². The Morgan fingerprint density at radius 1 is 1.07 bits per heavy atom. The van der Waals surface area contributed by atoms with Crippen LogP contribution in [0.2, 0.25) is 0 Å². The lowest BCUT2D eigenvalue weighted by atomic mass is 9.95. The average molecular weight is 407 g/mol. The third kappa shape index (κ3) is 4.01. The Labute approximate surface area is 176 Å². The van der Waals surface area contributed by atoms with E-state index in [9.17, 15) is 14.7 Å². The number of aliphatic hydroxyl groups excluding tert-OH is 1. The highest BCUT2D eigenvalue weighted by Gasteiger charge is 2.46. The number of Topliss-reactive ketones (excluding diaryl/α,β-unsaturated/α-hetero) is 1. The Morgan fingerprint density at radius 3 is 2.40 bits per heavy atom. The number of carbonyl (C=O) groups is 2. The maximum absolute atomic E-state index is 13.0. The van der Waals surface area contributed by atoms with Gasteiger partial charge < -0.3 is 19.6 Å². The molecular weight excluding hydrogens is 380 g/mol. The third-order valence-corrected chi connectivity index (χ3v) is 5.89. The number of nitrogens with zero attached hydrogens (tertiary/aromatic N) is 1. The normalized spacial score (nSPS) is 21.9. The fraction of sp³-hybridized carbons (Fsp3) is 0.333. The first-order valence-corrected chi connectivity index (χ1v) is 10.4. The summed E-state index contributed by atoms with van der Waals surface area (Å²) in [5.74, 6) is -1.30. The van der Waals surface area contributed by atoms with Gasteiger partial charge in [0, 0.05) is 5.56 Å². The fourth-order valence-electron chi connectivity index (χ4n) is 4.15. The molecule has 6 nitrogen and oxygen atoms in total. The number of hydrogen-bond acceptors (Lipinski definition) is 4. The van der Waals surface area contributed by atoms with E-state index in [0.29, 0.717) is 25.3 Å². The van der Waals surface area contributed by atoms with Gasteiger partial charge in [-0.05, 0) is 12.5 Å². The molecule has 2 fully saturated rings. The second-order valence-corrected chi connectivity index (χ2v) is 7.88. The van der Waals surface area contributed by atoms with Crippen LogP contribution in [0.25, 0.3) is 5.76 Å². The lowest BCUT2D eigenvalue weighted by Gasteiger charge is -2.29. The topological polar surface area (TPSA) is 71.3 Å². The summed E-state index contributed by atoms with van der Waals surface area (Å²) in [6.45, 7) is 6.39. The van der Waals surface area contributed by atoms with Crippen LogP contribution in [-0.2, 0) is 14.3 Å². The van der Waals surface area contributed by atoms with E-state index in [1.54, 1.807) is 29.2 Å². The largest absolute Gasteiger partial charge is 0.507 e. The molecule has 2 saturated heterocycles. The average Bonchev–Trinajstić information content (AvgIpc) is 3.04. The van der Waals surface area contributed by atoms with Gasteiger partial charge >= 0.3 is 0 Å². The molecule has 0 unspecified atom stereocenters. The molecule has 1 atom stereocenters. The second-order valence-electron chi connectivity index (χ2n) is 7.88. The Kier molecular flexibility index (Phi) is 5.97. The lowest BCUT2D eigenvalue weighted by molar-refractivity contribution is -0.907. The Hall–Kier alpha value is -2.96. The zero-order chi connectivity index (χ0) is 21.1. The van der Waals surface area contributed by atoms with Gasteiger partial charge in [0.25, 0.3) is 11.7 Å². The van der Waals surface area contributed by atoms with Crippen LogP contribution in [0.4, 0.5) is 0 Å². The van der Waals surface area contributed by atoms with Crippen molar-refractivity contribution >= 4 is 17.4 Å². The maximum Gasteiger partial charge on any atom is 0.295 e. The number of hydrogen-bond donors (Lipinski definition) is 2. The molecule has 0 bridgehead atoms. The standard InChI is InChI=1S/C24H26N2O4/c1-17-7-9-18(10-8-17)21-20(22(27)19-5-3-2-4-6-19)23(28)24(29)26(21)12-11-25-13-15-30-16-14-25/h2-10,21,27H,11-16H2,1H3/p+1/t21-/m0/s1. The highest BCUT2D eigenvalue weighted by atomic mass is 16.5. The van der Waals surface area contributed by atoms with Crippen molar-refractivity contribution in [2.75, 3.05) is 39.4 Å². The number of benzene rings is 2. The van der Waals surface area contributed by atoms with Crippen molar-refractivity contribution in [2.24, 2.45) is 0 Å². The van der Waals surface area contributed by atoms with Gasteiger partial charge in [-0.3, -0.25) is 9.59 Å². The summed E-state index contributed by atoms with van der Waals surface area (Å²) in [5.41, 5.74) is 2.62. The van der Waals surface area contributed by atoms with Crippen LogP contribution >= 0.6 is 0 Å². The molecule has 0 aromatic heterocycles. The Bertz CT molecular complexity index is 947. The van der Waals surface area contributed by atoms with Crippen LogP contribution < -0.4 is 4.90 Å². The number of quaternary nitrogens is 1. The molecule has 2 heterocycles. The molecule has 0 spiro atoms. The smallest absolute Gasteiger partial charge is 0.295 e. The van der Waals surface area contributed by atoms with E-state index < -0.39 is 17.7 Å². The minimum absolute atomic E-state index is 0.124. The van der Waals surface area contributed by atoms with Crippen molar-refractivity contribution in [1.82, 2.24) is 4.90 Å². The van der Waals surface area contributed by atoms with Gasteiger partial charge in [0.1, 0.15) is 18.8 Å². The minimum atomic E-state index is -0.626. The van der Waals surface area contributed by atoms with Gasteiger partial charge in [-0.25, -0.2) is 0 Å². The zero-order valence-electron chi connectivity index (χ0n) is 17.1. The minimum Gasteiger partial charge on any atom is -0.507 e. The van der Waals surface area contributed by atoms with Gasteiger partial charge in [-0.2, -0.15) is 0 Å². The first kappa shape index (κ1) is 20.3. The number of nitrogens with one attached hydrogen (secondary N) is 1. The Balaban J connectivity index is 1.72. The number of ketones is 1. The first-order chi connectivity index (χ1) is 14.6. The molecule has 0 aliphatic carbocycles. The molecule has 156 valence electrons. The molecule has 4 rings (SSSR count). The van der Waals surface area contributed by atoms with Crippen LogP contribution in [0, 0.1) is 6.92 Å². The number of carbonyl (C=O) groups excluding carboxylic acids is 2. The molecule has 6 heteroatoms. The molecule has 2 aromatic rings. The zero-order valence-corrected chi connectivity index (χ0v) is 17.1. The van der Waals surface area contributed by atoms with Gasteiger partial charge in [-0.1, -0.05) is 60.2 Å². The summed E-state index contributed by atoms with van der Waals surface area (Å²) in [5, 5.41) is 11.0. The maximum atomic E-state index is 13.0. The number of aryl methyl sites for hydroxylation is 1. The third-order valence-electron chi connectivity index (χ3n) is 5.89. The van der Waals surface area contributed by atoms with Crippen LogP contribution in [0.3, 0.4) is 0 Å². The van der Waals surface area contributed by atoms with Crippen LogP contribution in [0.5, 0.6) is 0 Å². The van der Waals surface area contributed by atoms with Crippen molar-refractivity contribution in [1.29, 1.82) is 0 Å². The van der Waals surface area contributed by atoms with Crippen LogP contribution in [0.15, 0.2) is 60.2 Å². The number of likely N-dealkylation sites (tertiary alicyclic amines) is 1. The predicted octanol–water partition coefficient (Wildman–Crippen LogP) is 1.33. The summed E-state index contributed by atoms with van der Waals surface area (Å²) in [6, 6.07) is 16.1. The number of rotatable bonds is 5. The summed E-state index contributed by atoms with van der Waals surface area (Å²) >= 11 is 0. The number of morpholine rings is 1. The van der Waals surface area contributed by atoms with Gasteiger partial charge in [0.2, 0.25) is 0 Å². The second kappa shape index (κ2) is 8.81. The molecule has 0 radical (unpaired) electrons. The van der Waals surface area contributed by atoms with Crippen molar-refractivity contribution in [3.8, 4) is 0 Å². The molecular formula is C24H27N2O4+. The van der Waals surface area contributed by atoms with E-state index in [-0.39, 0.29) is 11.3 Å². The fourth-order valence-corrected chi connectivity index (χ4v) is 4.15. The molecule has 1 amide bonds. The van der Waals surface area contributed by atoms with Gasteiger partial charge in [0.05, 0.1) is 37.9 Å². The first-order valence-electron chi connectivity index (χ1n) is 10.4. The van der Waals surface area contributed by atoms with Crippen LogP contribution in [0.1, 0.15) is 22.7 Å². The van der Waals surface area contributed by atoms with Crippen molar-refractivity contribution < 1.29 is 24.3 Å². The highest BCUT2D eigenvalue weighted by Crippen LogP contribution is 2.39. The molecule has 2 aliphatic heterocycles.